The van der Waals surface area contributed by atoms with Gasteiger partial charge in [0.2, 0.25) is 0 Å². The number of phenolic OH excluding ortho intramolecular Hbond substituents is 1. The number of nitrogens with one attached hydrogen (secondary N) is 1. The number of ether oxygens (including phenoxy) is 1. The average Bonchev–Trinajstić information content (AvgIpc) is 2.41. The average molecular weight is 391 g/mol. The molecule has 1 aromatic rings. The Hall–Kier alpha value is -1.26. The first kappa shape index (κ1) is 15.8. The molecule has 0 aliphatic heterocycles. The first-order valence-corrected chi connectivity index (χ1v) is 7.17. The first-order valence-electron chi connectivity index (χ1n) is 5.58. The minimum absolute atomic E-state index is 0.0447. The molecule has 1 rings (SSSR count). The summed E-state index contributed by atoms with van der Waals surface area (Å²) < 4.78 is 6.52. The van der Waals surface area contributed by atoms with Crippen molar-refractivity contribution in [2.24, 2.45) is 5.10 Å². The molecule has 0 heterocycles. The Morgan fingerprint density at radius 2 is 2.26 bits per heavy atom. The molecule has 0 spiro atoms. The van der Waals surface area contributed by atoms with Gasteiger partial charge in [0.15, 0.2) is 11.5 Å². The van der Waals surface area contributed by atoms with Crippen LogP contribution in [0.4, 0.5) is 0 Å². The summed E-state index contributed by atoms with van der Waals surface area (Å²) in [4.78, 5) is 0. The molecule has 5 nitrogen and oxygen atoms in total. The minimum Gasteiger partial charge on any atom is -0.503 e. The lowest BCUT2D eigenvalue weighted by molar-refractivity contribution is 0.317. The Bertz CT molecular complexity index is 513. The van der Waals surface area contributed by atoms with Gasteiger partial charge in [-0.1, -0.05) is 0 Å². The normalized spacial score (nSPS) is 10.4. The maximum Gasteiger partial charge on any atom is 0.173 e. The third-order valence-electron chi connectivity index (χ3n) is 2.12. The molecule has 0 aliphatic rings. The van der Waals surface area contributed by atoms with Crippen LogP contribution < -0.4 is 10.2 Å². The number of phenols is 1. The quantitative estimate of drug-likeness (QED) is 0.444. The molecule has 19 heavy (non-hydrogen) atoms. The lowest BCUT2D eigenvalue weighted by Crippen LogP contribution is -2.07. The largest absolute Gasteiger partial charge is 0.503 e. The lowest BCUT2D eigenvalue weighted by atomic mass is 10.2. The fourth-order valence-electron chi connectivity index (χ4n) is 1.26. The lowest BCUT2D eigenvalue weighted by Gasteiger charge is -2.10. The fourth-order valence-corrected chi connectivity index (χ4v) is 2.09. The Labute approximate surface area is 128 Å². The van der Waals surface area contributed by atoms with E-state index in [2.05, 4.69) is 42.4 Å². The van der Waals surface area contributed by atoms with Crippen LogP contribution in [0, 0.1) is 11.3 Å². The number of hydrazone groups is 1. The Morgan fingerprint density at radius 3 is 2.89 bits per heavy atom. The molecule has 0 bridgehead atoms. The molecule has 7 heteroatoms. The number of benzene rings is 1. The van der Waals surface area contributed by atoms with E-state index in [1.54, 1.807) is 12.3 Å². The molecule has 0 saturated carbocycles. The van der Waals surface area contributed by atoms with Crippen molar-refractivity contribution < 1.29 is 9.84 Å². The van der Waals surface area contributed by atoms with Gasteiger partial charge in [-0.25, -0.2) is 0 Å². The van der Waals surface area contributed by atoms with Gasteiger partial charge in [-0.3, -0.25) is 0 Å². The van der Waals surface area contributed by atoms with Crippen LogP contribution in [0.3, 0.4) is 0 Å². The summed E-state index contributed by atoms with van der Waals surface area (Å²) in [5, 5.41) is 22.3. The van der Waals surface area contributed by atoms with Crippen molar-refractivity contribution in [3.63, 3.8) is 0 Å². The van der Waals surface area contributed by atoms with Gasteiger partial charge in [-0.15, -0.1) is 0 Å². The van der Waals surface area contributed by atoms with Crippen molar-refractivity contribution in [2.45, 2.75) is 13.3 Å². The van der Waals surface area contributed by atoms with Crippen molar-refractivity contribution in [3.8, 4) is 17.6 Å². The summed E-state index contributed by atoms with van der Waals surface area (Å²) in [6.45, 7) is 2.79. The van der Waals surface area contributed by atoms with Crippen LogP contribution in [0.2, 0.25) is 0 Å². The van der Waals surface area contributed by atoms with Gasteiger partial charge in [0.05, 0.1) is 29.8 Å². The highest BCUT2D eigenvalue weighted by Crippen LogP contribution is 2.41. The van der Waals surface area contributed by atoms with Gasteiger partial charge in [-0.05, 0) is 44.8 Å². The van der Waals surface area contributed by atoms with Gasteiger partial charge < -0.3 is 15.3 Å². The van der Waals surface area contributed by atoms with Crippen LogP contribution in [0.25, 0.3) is 0 Å². The number of halogens is 2. The monoisotopic (exact) mass is 389 g/mol. The number of aromatic hydroxyl groups is 1. The molecule has 1 aromatic carbocycles. The highest BCUT2D eigenvalue weighted by molar-refractivity contribution is 9.13. The van der Waals surface area contributed by atoms with Crippen LogP contribution in [-0.2, 0) is 0 Å². The number of hydrogen-bond donors (Lipinski definition) is 2. The summed E-state index contributed by atoms with van der Waals surface area (Å²) in [6.07, 6.45) is 1.98. The van der Waals surface area contributed by atoms with Gasteiger partial charge in [0.25, 0.3) is 0 Å². The minimum atomic E-state index is 0.0447. The third kappa shape index (κ3) is 4.40. The SMILES string of the molecule is CCOc1cc(/C=N\NCCC#N)c(Br)c(Br)c1O. The van der Waals surface area contributed by atoms with E-state index in [1.165, 1.54) is 0 Å². The van der Waals surface area contributed by atoms with E-state index >= 15 is 0 Å². The third-order valence-corrected chi connectivity index (χ3v) is 4.28. The molecule has 2 N–H and O–H groups in total. The summed E-state index contributed by atoms with van der Waals surface area (Å²) in [5.74, 6) is 0.430. The summed E-state index contributed by atoms with van der Waals surface area (Å²) >= 11 is 6.65. The highest BCUT2D eigenvalue weighted by atomic mass is 79.9. The van der Waals surface area contributed by atoms with Crippen molar-refractivity contribution in [1.82, 2.24) is 5.43 Å². The second-order valence-electron chi connectivity index (χ2n) is 3.45. The van der Waals surface area contributed by atoms with E-state index in [1.807, 2.05) is 13.0 Å². The zero-order valence-electron chi connectivity index (χ0n) is 10.3. The smallest absolute Gasteiger partial charge is 0.173 e. The van der Waals surface area contributed by atoms with Gasteiger partial charge in [0.1, 0.15) is 0 Å². The fraction of sp³-hybridized carbons (Fsp3) is 0.333. The van der Waals surface area contributed by atoms with Gasteiger partial charge in [0, 0.05) is 16.6 Å². The van der Waals surface area contributed by atoms with Crippen molar-refractivity contribution in [2.75, 3.05) is 13.2 Å². The van der Waals surface area contributed by atoms with Crippen LogP contribution in [0.1, 0.15) is 18.9 Å². The van der Waals surface area contributed by atoms with Crippen molar-refractivity contribution in [1.29, 1.82) is 5.26 Å². The standard InChI is InChI=1S/C12H13Br2N3O2/c1-2-19-9-6-8(7-17-16-5-3-4-15)10(13)11(14)12(9)18/h6-7,16,18H,2-3,5H2,1H3/b17-7-. The van der Waals surface area contributed by atoms with E-state index in [4.69, 9.17) is 10.00 Å². The predicted molar refractivity (Wildman–Crippen MR) is 80.5 cm³/mol. The van der Waals surface area contributed by atoms with E-state index in [-0.39, 0.29) is 5.75 Å². The van der Waals surface area contributed by atoms with Gasteiger partial charge in [-0.2, -0.15) is 10.4 Å². The molecule has 0 radical (unpaired) electrons. The summed E-state index contributed by atoms with van der Waals surface area (Å²) in [7, 11) is 0. The molecule has 102 valence electrons. The zero-order chi connectivity index (χ0) is 14.3. The second kappa shape index (κ2) is 8.02. The van der Waals surface area contributed by atoms with Crippen LogP contribution in [-0.4, -0.2) is 24.5 Å². The Balaban J connectivity index is 2.91. The molecule has 0 aromatic heterocycles. The molecule has 0 aliphatic carbocycles. The van der Waals surface area contributed by atoms with E-state index in [9.17, 15) is 5.11 Å². The molecular formula is C12H13Br2N3O2. The van der Waals surface area contributed by atoms with Gasteiger partial charge >= 0.3 is 0 Å². The van der Waals surface area contributed by atoms with Crippen LogP contribution in [0.15, 0.2) is 20.1 Å². The summed E-state index contributed by atoms with van der Waals surface area (Å²) in [6, 6.07) is 3.70. The maximum absolute atomic E-state index is 9.88. The number of hydrogen-bond acceptors (Lipinski definition) is 5. The molecular weight excluding hydrogens is 378 g/mol. The molecule has 0 atom stereocenters. The van der Waals surface area contributed by atoms with E-state index < -0.39 is 0 Å². The number of rotatable bonds is 6. The van der Waals surface area contributed by atoms with Crippen LogP contribution >= 0.6 is 31.9 Å². The maximum atomic E-state index is 9.88. The molecule has 0 amide bonds. The Kier molecular flexibility index (Phi) is 6.67. The predicted octanol–water partition coefficient (Wildman–Crippen LogP) is 3.15. The van der Waals surface area contributed by atoms with Crippen LogP contribution in [0.5, 0.6) is 11.5 Å². The molecule has 0 fully saturated rings. The number of nitrogens with zero attached hydrogens (tertiary/aromatic N) is 2. The van der Waals surface area contributed by atoms with Crippen molar-refractivity contribution in [3.05, 3.63) is 20.6 Å². The topological polar surface area (TPSA) is 77.6 Å². The Morgan fingerprint density at radius 1 is 1.53 bits per heavy atom. The molecule has 0 unspecified atom stereocenters. The summed E-state index contributed by atoms with van der Waals surface area (Å²) in [5.41, 5.74) is 3.50. The van der Waals surface area contributed by atoms with E-state index in [0.29, 0.717) is 34.3 Å². The number of nitriles is 1. The second-order valence-corrected chi connectivity index (χ2v) is 5.03. The van der Waals surface area contributed by atoms with Crippen molar-refractivity contribution >= 4 is 38.1 Å². The van der Waals surface area contributed by atoms with E-state index in [0.717, 1.165) is 5.56 Å². The first-order chi connectivity index (χ1) is 9.11. The zero-order valence-corrected chi connectivity index (χ0v) is 13.5. The highest BCUT2D eigenvalue weighted by Gasteiger charge is 2.14. The molecule has 0 saturated heterocycles.